The molecular formula is C13H26N2O5. The molecule has 1 amide bonds. The number of esters is 1. The standard InChI is InChI=1S/C13H26N2O5/c1-3-4-7-20-13(17)11(5-6-14)15-12(16)10-19-9-8-18-2/h11H,3-10,14H2,1-2H3,(H,15,16)/t11-/m0/s1. The van der Waals surface area contributed by atoms with Crippen molar-refractivity contribution in [2.24, 2.45) is 5.73 Å². The predicted octanol–water partition coefficient (Wildman–Crippen LogP) is -0.174. The minimum absolute atomic E-state index is 0.118. The number of methoxy groups -OCH3 is 1. The van der Waals surface area contributed by atoms with Crippen molar-refractivity contribution in [3.05, 3.63) is 0 Å². The molecule has 7 heteroatoms. The van der Waals surface area contributed by atoms with Gasteiger partial charge in [-0.1, -0.05) is 13.3 Å². The van der Waals surface area contributed by atoms with E-state index in [2.05, 4.69) is 5.32 Å². The number of carbonyl (C=O) groups excluding carboxylic acids is 2. The molecule has 0 aliphatic carbocycles. The molecule has 118 valence electrons. The number of rotatable bonds is 12. The molecule has 0 aromatic rings. The fourth-order valence-electron chi connectivity index (χ4n) is 1.38. The van der Waals surface area contributed by atoms with E-state index in [4.69, 9.17) is 19.9 Å². The second-order valence-corrected chi connectivity index (χ2v) is 4.26. The molecule has 0 saturated heterocycles. The zero-order valence-corrected chi connectivity index (χ0v) is 12.4. The summed E-state index contributed by atoms with van der Waals surface area (Å²) in [5.74, 6) is -0.818. The predicted molar refractivity (Wildman–Crippen MR) is 74.2 cm³/mol. The van der Waals surface area contributed by atoms with Gasteiger partial charge in [-0.25, -0.2) is 4.79 Å². The van der Waals surface area contributed by atoms with E-state index >= 15 is 0 Å². The molecule has 0 spiro atoms. The third-order valence-corrected chi connectivity index (χ3v) is 2.48. The van der Waals surface area contributed by atoms with E-state index in [9.17, 15) is 9.59 Å². The van der Waals surface area contributed by atoms with Crippen molar-refractivity contribution in [2.45, 2.75) is 32.2 Å². The van der Waals surface area contributed by atoms with Gasteiger partial charge in [0.1, 0.15) is 12.6 Å². The molecule has 0 unspecified atom stereocenters. The summed E-state index contributed by atoms with van der Waals surface area (Å²) < 4.78 is 14.9. The van der Waals surface area contributed by atoms with Gasteiger partial charge in [-0.2, -0.15) is 0 Å². The van der Waals surface area contributed by atoms with Crippen molar-refractivity contribution in [1.29, 1.82) is 0 Å². The van der Waals surface area contributed by atoms with Crippen LogP contribution in [0.1, 0.15) is 26.2 Å². The lowest BCUT2D eigenvalue weighted by atomic mass is 10.2. The molecule has 0 fully saturated rings. The highest BCUT2D eigenvalue weighted by Crippen LogP contribution is 1.97. The third-order valence-electron chi connectivity index (χ3n) is 2.48. The molecule has 0 saturated carbocycles. The van der Waals surface area contributed by atoms with Gasteiger partial charge in [0.05, 0.1) is 19.8 Å². The van der Waals surface area contributed by atoms with Gasteiger partial charge in [0.2, 0.25) is 5.91 Å². The highest BCUT2D eigenvalue weighted by Gasteiger charge is 2.21. The van der Waals surface area contributed by atoms with Gasteiger partial charge in [0.25, 0.3) is 0 Å². The molecule has 20 heavy (non-hydrogen) atoms. The van der Waals surface area contributed by atoms with Crippen LogP contribution in [-0.4, -0.2) is 58.0 Å². The second kappa shape index (κ2) is 12.8. The number of ether oxygens (including phenoxy) is 3. The molecular weight excluding hydrogens is 264 g/mol. The molecule has 0 aliphatic rings. The van der Waals surface area contributed by atoms with Crippen LogP contribution in [-0.2, 0) is 23.8 Å². The Morgan fingerprint density at radius 2 is 2.00 bits per heavy atom. The molecule has 0 aliphatic heterocycles. The Hall–Kier alpha value is -1.18. The molecule has 7 nitrogen and oxygen atoms in total. The van der Waals surface area contributed by atoms with Gasteiger partial charge >= 0.3 is 5.97 Å². The zero-order chi connectivity index (χ0) is 15.2. The van der Waals surface area contributed by atoms with E-state index in [-0.39, 0.29) is 12.5 Å². The summed E-state index contributed by atoms with van der Waals surface area (Å²) in [5, 5.41) is 2.56. The third kappa shape index (κ3) is 9.71. The summed E-state index contributed by atoms with van der Waals surface area (Å²) >= 11 is 0. The van der Waals surface area contributed by atoms with Gasteiger partial charge in [-0.05, 0) is 19.4 Å². The Kier molecular flexibility index (Phi) is 12.1. The van der Waals surface area contributed by atoms with E-state index in [0.717, 1.165) is 12.8 Å². The van der Waals surface area contributed by atoms with Crippen molar-refractivity contribution in [3.8, 4) is 0 Å². The Balaban J connectivity index is 4.04. The number of amides is 1. The zero-order valence-electron chi connectivity index (χ0n) is 12.4. The van der Waals surface area contributed by atoms with Crippen LogP contribution in [0.3, 0.4) is 0 Å². The second-order valence-electron chi connectivity index (χ2n) is 4.26. The minimum atomic E-state index is -0.713. The molecule has 0 bridgehead atoms. The van der Waals surface area contributed by atoms with Crippen LogP contribution in [0, 0.1) is 0 Å². The first-order chi connectivity index (χ1) is 9.65. The summed E-state index contributed by atoms with van der Waals surface area (Å²) in [7, 11) is 1.55. The van der Waals surface area contributed by atoms with E-state index in [1.165, 1.54) is 0 Å². The van der Waals surface area contributed by atoms with Gasteiger partial charge in [-0.3, -0.25) is 4.79 Å². The normalized spacial score (nSPS) is 11.9. The van der Waals surface area contributed by atoms with E-state index in [0.29, 0.717) is 32.8 Å². The van der Waals surface area contributed by atoms with E-state index in [1.807, 2.05) is 6.92 Å². The Bertz CT molecular complexity index is 273. The Morgan fingerprint density at radius 1 is 1.25 bits per heavy atom. The van der Waals surface area contributed by atoms with Crippen molar-refractivity contribution >= 4 is 11.9 Å². The summed E-state index contributed by atoms with van der Waals surface area (Å²) in [6, 6.07) is -0.713. The van der Waals surface area contributed by atoms with Gasteiger partial charge < -0.3 is 25.3 Å². The molecule has 1 atom stereocenters. The lowest BCUT2D eigenvalue weighted by Gasteiger charge is -2.17. The molecule has 3 N–H and O–H groups in total. The van der Waals surface area contributed by atoms with Crippen LogP contribution >= 0.6 is 0 Å². The smallest absolute Gasteiger partial charge is 0.328 e. The van der Waals surface area contributed by atoms with Crippen LogP contribution < -0.4 is 11.1 Å². The largest absolute Gasteiger partial charge is 0.464 e. The number of nitrogens with two attached hydrogens (primary N) is 1. The molecule has 0 aromatic carbocycles. The first kappa shape index (κ1) is 18.8. The van der Waals surface area contributed by atoms with Crippen molar-refractivity contribution in [1.82, 2.24) is 5.32 Å². The maximum atomic E-state index is 11.8. The molecule has 0 aromatic heterocycles. The van der Waals surface area contributed by atoms with Crippen molar-refractivity contribution in [3.63, 3.8) is 0 Å². The lowest BCUT2D eigenvalue weighted by Crippen LogP contribution is -2.44. The SMILES string of the molecule is CCCCOC(=O)[C@H](CCN)NC(=O)COCCOC. The summed E-state index contributed by atoms with van der Waals surface area (Å²) in [4.78, 5) is 23.4. The minimum Gasteiger partial charge on any atom is -0.464 e. The molecule has 0 rings (SSSR count). The van der Waals surface area contributed by atoms with Crippen LogP contribution in [0.5, 0.6) is 0 Å². The van der Waals surface area contributed by atoms with Crippen molar-refractivity contribution < 1.29 is 23.8 Å². The Morgan fingerprint density at radius 3 is 2.60 bits per heavy atom. The maximum absolute atomic E-state index is 11.8. The molecule has 0 radical (unpaired) electrons. The number of unbranched alkanes of at least 4 members (excludes halogenated alkanes) is 1. The quantitative estimate of drug-likeness (QED) is 0.382. The first-order valence-electron chi connectivity index (χ1n) is 6.88. The average Bonchev–Trinajstić information content (AvgIpc) is 2.43. The van der Waals surface area contributed by atoms with Crippen LogP contribution in [0.15, 0.2) is 0 Å². The summed E-state index contributed by atoms with van der Waals surface area (Å²) in [6.45, 7) is 3.27. The van der Waals surface area contributed by atoms with Crippen molar-refractivity contribution in [2.75, 3.05) is 40.1 Å². The number of carbonyl (C=O) groups is 2. The fourth-order valence-corrected chi connectivity index (χ4v) is 1.38. The van der Waals surface area contributed by atoms with Crippen LogP contribution in [0.2, 0.25) is 0 Å². The number of hydrogen-bond donors (Lipinski definition) is 2. The van der Waals surface area contributed by atoms with Crippen LogP contribution in [0.25, 0.3) is 0 Å². The number of nitrogens with one attached hydrogen (secondary N) is 1. The summed E-state index contributed by atoms with van der Waals surface area (Å²) in [6.07, 6.45) is 2.08. The van der Waals surface area contributed by atoms with Gasteiger partial charge in [-0.15, -0.1) is 0 Å². The Labute approximate surface area is 120 Å². The lowest BCUT2D eigenvalue weighted by molar-refractivity contribution is -0.148. The van der Waals surface area contributed by atoms with Crippen LogP contribution in [0.4, 0.5) is 0 Å². The maximum Gasteiger partial charge on any atom is 0.328 e. The topological polar surface area (TPSA) is 99.9 Å². The van der Waals surface area contributed by atoms with Gasteiger partial charge in [0, 0.05) is 7.11 Å². The summed E-state index contributed by atoms with van der Waals surface area (Å²) in [5.41, 5.74) is 5.43. The first-order valence-corrected chi connectivity index (χ1v) is 6.88. The molecule has 0 heterocycles. The monoisotopic (exact) mass is 290 g/mol. The fraction of sp³-hybridized carbons (Fsp3) is 0.846. The van der Waals surface area contributed by atoms with E-state index in [1.54, 1.807) is 7.11 Å². The highest BCUT2D eigenvalue weighted by molar-refractivity contribution is 5.85. The average molecular weight is 290 g/mol. The van der Waals surface area contributed by atoms with E-state index < -0.39 is 12.0 Å². The number of hydrogen-bond acceptors (Lipinski definition) is 6. The van der Waals surface area contributed by atoms with Gasteiger partial charge in [0.15, 0.2) is 0 Å². The highest BCUT2D eigenvalue weighted by atomic mass is 16.5.